The summed E-state index contributed by atoms with van der Waals surface area (Å²) in [4.78, 5) is 2.23. The summed E-state index contributed by atoms with van der Waals surface area (Å²) < 4.78 is 2.60. The van der Waals surface area contributed by atoms with Crippen molar-refractivity contribution in [2.75, 3.05) is 4.90 Å². The molecule has 13 rings (SSSR count). The van der Waals surface area contributed by atoms with Crippen molar-refractivity contribution in [3.8, 4) is 68.0 Å². The van der Waals surface area contributed by atoms with Gasteiger partial charge >= 0.3 is 0 Å². The van der Waals surface area contributed by atoms with E-state index in [9.17, 15) is 0 Å². The fraction of sp³-hybridized carbons (Fsp3) is 0.0294. The predicted molar refractivity (Wildman–Crippen MR) is 298 cm³/mol. The fourth-order valence-corrected chi connectivity index (χ4v) is 12.8. The molecule has 1 heterocycles. The van der Waals surface area contributed by atoms with Crippen molar-refractivity contribution in [3.05, 3.63) is 282 Å². The molecule has 1 nitrogen and oxygen atoms in total. The maximum absolute atomic E-state index is 6.58. The Balaban J connectivity index is 0.991. The van der Waals surface area contributed by atoms with Gasteiger partial charge in [0.05, 0.1) is 11.1 Å². The summed E-state index contributed by atoms with van der Waals surface area (Å²) in [6.07, 6.45) is 10.8. The van der Waals surface area contributed by atoms with Crippen LogP contribution >= 0.6 is 11.3 Å². The molecule has 1 aromatic heterocycles. The lowest BCUT2D eigenvalue weighted by atomic mass is 9.66. The molecule has 10 aromatic carbocycles. The first kappa shape index (κ1) is 41.4. The minimum absolute atomic E-state index is 0.567. The number of benzene rings is 10. The van der Waals surface area contributed by atoms with E-state index in [0.717, 1.165) is 39.3 Å². The lowest BCUT2D eigenvalue weighted by Crippen LogP contribution is -2.29. The molecule has 0 aliphatic heterocycles. The molecular weight excluding hydrogens is 863 g/mol. The topological polar surface area (TPSA) is 3.24 Å². The number of fused-ring (bicyclic) bond motifs is 15. The van der Waals surface area contributed by atoms with Crippen molar-refractivity contribution in [3.63, 3.8) is 0 Å². The molecule has 1 spiro atoms. The molecule has 0 fully saturated rings. The first-order valence-electron chi connectivity index (χ1n) is 24.0. The number of allylic oxidation sites excluding steroid dienone is 4. The lowest BCUT2D eigenvalue weighted by Gasteiger charge is -2.35. The van der Waals surface area contributed by atoms with Crippen LogP contribution in [0.15, 0.2) is 254 Å². The van der Waals surface area contributed by atoms with E-state index in [-0.39, 0.29) is 0 Å². The lowest BCUT2D eigenvalue weighted by molar-refractivity contribution is 0.775. The largest absolute Gasteiger partial charge is 0.303 e. The number of nitrogens with zero attached hydrogens (tertiary/aromatic N) is 1. The smallest absolute Gasteiger partial charge is 0.0967 e. The zero-order valence-electron chi connectivity index (χ0n) is 38.6. The summed E-state index contributed by atoms with van der Waals surface area (Å²) in [6.45, 7) is 2.14. The SMILES string of the molecule is C#C/C(=C\C=C(/C)c1ccccc1)N(c1ccc(-c2cccc3c2sc2ccccc23)cc1)c1cccc(-c2cccc3c2-c2ccccc2C32c3ccccc3-c3ccccc3-c3ccccc32)c1. The summed E-state index contributed by atoms with van der Waals surface area (Å²) in [5, 5.41) is 2.59. The van der Waals surface area contributed by atoms with Crippen molar-refractivity contribution in [2.24, 2.45) is 0 Å². The molecule has 0 bridgehead atoms. The monoisotopic (exact) mass is 907 g/mol. The number of anilines is 2. The summed E-state index contributed by atoms with van der Waals surface area (Å²) in [6, 6.07) is 86.8. The van der Waals surface area contributed by atoms with Gasteiger partial charge in [0.15, 0.2) is 0 Å². The maximum Gasteiger partial charge on any atom is 0.0967 e. The Morgan fingerprint density at radius 1 is 0.443 bits per heavy atom. The highest BCUT2D eigenvalue weighted by atomic mass is 32.1. The van der Waals surface area contributed by atoms with Crippen LogP contribution in [0.25, 0.3) is 81.4 Å². The molecule has 0 atom stereocenters. The zero-order chi connectivity index (χ0) is 46.8. The van der Waals surface area contributed by atoms with Crippen LogP contribution in [0.1, 0.15) is 34.7 Å². The number of hydrogen-bond acceptors (Lipinski definition) is 2. The highest BCUT2D eigenvalue weighted by Gasteiger charge is 2.50. The van der Waals surface area contributed by atoms with Crippen LogP contribution in [0, 0.1) is 12.3 Å². The number of hydrogen-bond donors (Lipinski definition) is 0. The molecule has 11 aromatic rings. The summed E-state index contributed by atoms with van der Waals surface area (Å²) in [5.74, 6) is 3.12. The third kappa shape index (κ3) is 6.40. The number of terminal acetylenes is 1. The highest BCUT2D eigenvalue weighted by Crippen LogP contribution is 2.62. The van der Waals surface area contributed by atoms with Crippen LogP contribution < -0.4 is 4.90 Å². The molecule has 2 aliphatic rings. The van der Waals surface area contributed by atoms with Gasteiger partial charge in [-0.3, -0.25) is 0 Å². The van der Waals surface area contributed by atoms with Gasteiger partial charge in [0, 0.05) is 31.5 Å². The van der Waals surface area contributed by atoms with E-state index < -0.39 is 5.41 Å². The van der Waals surface area contributed by atoms with E-state index >= 15 is 0 Å². The van der Waals surface area contributed by atoms with Crippen LogP contribution in [-0.4, -0.2) is 0 Å². The standard InChI is InChI=1S/C68H45NS/c1-3-49(41-38-45(2)46-20-5-4-6-21-46)69(50-42-39-47(40-43-50)53-31-18-32-59-58-28-12-16-37-65(58)70-67(53)59)51-23-17-22-48(44-51)52-30-19-36-64-66(52)60-29-11-15-35-63(60)68(64)61-33-13-9-26-56(61)54-24-7-8-25-55(54)57-27-10-14-34-62(57)68/h1,4-44H,2H3/b45-38+,49-41+. The van der Waals surface area contributed by atoms with Crippen molar-refractivity contribution in [1.29, 1.82) is 0 Å². The van der Waals surface area contributed by atoms with Crippen LogP contribution in [0.5, 0.6) is 0 Å². The molecular formula is C68H45NS. The molecule has 0 saturated carbocycles. The average Bonchev–Trinajstić information content (AvgIpc) is 3.93. The van der Waals surface area contributed by atoms with Crippen LogP contribution in [0.4, 0.5) is 11.4 Å². The van der Waals surface area contributed by atoms with Gasteiger partial charge in [-0.2, -0.15) is 0 Å². The van der Waals surface area contributed by atoms with Gasteiger partial charge in [0.25, 0.3) is 0 Å². The molecule has 0 unspecified atom stereocenters. The number of rotatable bonds is 7. The van der Waals surface area contributed by atoms with Crippen molar-refractivity contribution in [2.45, 2.75) is 12.3 Å². The second-order valence-electron chi connectivity index (χ2n) is 18.3. The van der Waals surface area contributed by atoms with E-state index in [4.69, 9.17) is 6.42 Å². The minimum Gasteiger partial charge on any atom is -0.303 e. The zero-order valence-corrected chi connectivity index (χ0v) is 39.4. The first-order valence-corrected chi connectivity index (χ1v) is 24.8. The van der Waals surface area contributed by atoms with Gasteiger partial charge in [0.1, 0.15) is 0 Å². The predicted octanol–water partition coefficient (Wildman–Crippen LogP) is 18.2. The molecule has 2 heteroatoms. The Bertz CT molecular complexity index is 3900. The molecule has 0 N–H and O–H groups in total. The number of thiophene rings is 1. The Morgan fingerprint density at radius 3 is 1.70 bits per heavy atom. The Kier molecular flexibility index (Phi) is 9.94. The van der Waals surface area contributed by atoms with E-state index in [1.165, 1.54) is 86.9 Å². The van der Waals surface area contributed by atoms with Crippen molar-refractivity contribution in [1.82, 2.24) is 0 Å². The molecule has 328 valence electrons. The third-order valence-electron chi connectivity index (χ3n) is 14.6. The Morgan fingerprint density at radius 2 is 0.986 bits per heavy atom. The third-order valence-corrected chi connectivity index (χ3v) is 15.8. The van der Waals surface area contributed by atoms with Gasteiger partial charge in [-0.05, 0) is 132 Å². The Hall–Kier alpha value is -8.74. The van der Waals surface area contributed by atoms with Gasteiger partial charge in [-0.15, -0.1) is 17.8 Å². The van der Waals surface area contributed by atoms with Gasteiger partial charge in [-0.1, -0.05) is 218 Å². The van der Waals surface area contributed by atoms with Gasteiger partial charge in [-0.25, -0.2) is 0 Å². The minimum atomic E-state index is -0.567. The maximum atomic E-state index is 6.58. The molecule has 70 heavy (non-hydrogen) atoms. The molecule has 2 aliphatic carbocycles. The van der Waals surface area contributed by atoms with Crippen LogP contribution in [-0.2, 0) is 5.41 Å². The van der Waals surface area contributed by atoms with Crippen LogP contribution in [0.3, 0.4) is 0 Å². The van der Waals surface area contributed by atoms with Gasteiger partial charge < -0.3 is 4.90 Å². The van der Waals surface area contributed by atoms with Gasteiger partial charge in [0.2, 0.25) is 0 Å². The second-order valence-corrected chi connectivity index (χ2v) is 19.3. The average molecular weight is 908 g/mol. The van der Waals surface area contributed by atoms with Crippen LogP contribution in [0.2, 0.25) is 0 Å². The molecule has 0 radical (unpaired) electrons. The quantitative estimate of drug-likeness (QED) is 0.114. The summed E-state index contributed by atoms with van der Waals surface area (Å²) >= 11 is 1.86. The van der Waals surface area contributed by atoms with Crippen molar-refractivity contribution < 1.29 is 0 Å². The first-order chi connectivity index (χ1) is 34.6. The molecule has 0 saturated heterocycles. The molecule has 0 amide bonds. The van der Waals surface area contributed by atoms with Crippen molar-refractivity contribution >= 4 is 48.5 Å². The summed E-state index contributed by atoms with van der Waals surface area (Å²) in [5.41, 5.74) is 21.8. The Labute approximate surface area is 413 Å². The van der Waals surface area contributed by atoms with E-state index in [0.29, 0.717) is 0 Å². The van der Waals surface area contributed by atoms with E-state index in [1.807, 2.05) is 17.4 Å². The highest BCUT2D eigenvalue weighted by molar-refractivity contribution is 7.26. The van der Waals surface area contributed by atoms with E-state index in [2.05, 4.69) is 260 Å². The summed E-state index contributed by atoms with van der Waals surface area (Å²) in [7, 11) is 0. The fourth-order valence-electron chi connectivity index (χ4n) is 11.5. The van der Waals surface area contributed by atoms with E-state index in [1.54, 1.807) is 0 Å². The normalized spacial score (nSPS) is 13.2. The second kappa shape index (κ2) is 16.8.